The molecule has 2 heteroatoms. The minimum atomic E-state index is 0.875. The van der Waals surface area contributed by atoms with Crippen LogP contribution < -0.4 is 4.57 Å². The monoisotopic (exact) mass is 236 g/mol. The van der Waals surface area contributed by atoms with E-state index in [4.69, 9.17) is 4.42 Å². The van der Waals surface area contributed by atoms with E-state index in [0.29, 0.717) is 0 Å². The standard InChI is InChI=1S/C16H14NO/c1-13-17(15-10-6-3-7-11-15)12-16(18-13)14-8-4-2-5-9-14/h2-12H,1H3/q+1. The quantitative estimate of drug-likeness (QED) is 0.622. The van der Waals surface area contributed by atoms with Crippen LogP contribution in [0.3, 0.4) is 0 Å². The number of benzene rings is 2. The second kappa shape index (κ2) is 4.49. The van der Waals surface area contributed by atoms with Crippen LogP contribution in [-0.4, -0.2) is 0 Å². The van der Waals surface area contributed by atoms with Crippen LogP contribution in [0.4, 0.5) is 0 Å². The van der Waals surface area contributed by atoms with Gasteiger partial charge in [-0.2, -0.15) is 0 Å². The molecule has 1 heterocycles. The third kappa shape index (κ3) is 1.93. The van der Waals surface area contributed by atoms with Crippen molar-refractivity contribution in [2.45, 2.75) is 6.92 Å². The van der Waals surface area contributed by atoms with E-state index in [2.05, 4.69) is 16.7 Å². The Hall–Kier alpha value is -2.35. The molecule has 0 fully saturated rings. The predicted octanol–water partition coefficient (Wildman–Crippen LogP) is 3.53. The summed E-state index contributed by atoms with van der Waals surface area (Å²) in [6.45, 7) is 1.97. The molecule has 0 aliphatic rings. The molecule has 0 spiro atoms. The molecular weight excluding hydrogens is 222 g/mol. The number of aromatic nitrogens is 1. The molecule has 18 heavy (non-hydrogen) atoms. The molecule has 0 N–H and O–H groups in total. The Balaban J connectivity index is 2.07. The number of hydrogen-bond acceptors (Lipinski definition) is 1. The summed E-state index contributed by atoms with van der Waals surface area (Å²) in [5, 5.41) is 0. The number of aryl methyl sites for hydroxylation is 1. The first-order valence-electron chi connectivity index (χ1n) is 5.97. The highest BCUT2D eigenvalue weighted by Gasteiger charge is 2.18. The van der Waals surface area contributed by atoms with Crippen molar-refractivity contribution in [3.05, 3.63) is 72.8 Å². The summed E-state index contributed by atoms with van der Waals surface area (Å²) in [5.41, 5.74) is 2.20. The molecule has 0 bridgehead atoms. The molecule has 0 unspecified atom stereocenters. The lowest BCUT2D eigenvalue weighted by molar-refractivity contribution is -0.606. The van der Waals surface area contributed by atoms with Crippen LogP contribution in [0, 0.1) is 6.92 Å². The molecule has 0 radical (unpaired) electrons. The molecule has 0 aliphatic heterocycles. The highest BCUT2D eigenvalue weighted by Crippen LogP contribution is 2.19. The van der Waals surface area contributed by atoms with Crippen LogP contribution in [0.2, 0.25) is 0 Å². The average molecular weight is 236 g/mol. The van der Waals surface area contributed by atoms with Gasteiger partial charge < -0.3 is 4.42 Å². The molecule has 3 aromatic rings. The van der Waals surface area contributed by atoms with Gasteiger partial charge in [-0.05, 0) is 0 Å². The maximum atomic E-state index is 5.82. The van der Waals surface area contributed by atoms with Gasteiger partial charge in [0.2, 0.25) is 17.6 Å². The maximum absolute atomic E-state index is 5.82. The van der Waals surface area contributed by atoms with E-state index < -0.39 is 0 Å². The molecule has 0 saturated carbocycles. The summed E-state index contributed by atoms with van der Waals surface area (Å²) in [4.78, 5) is 0. The Morgan fingerprint density at radius 3 is 2.11 bits per heavy atom. The van der Waals surface area contributed by atoms with Crippen LogP contribution in [0.1, 0.15) is 5.89 Å². The first-order valence-corrected chi connectivity index (χ1v) is 5.97. The Morgan fingerprint density at radius 1 is 0.833 bits per heavy atom. The van der Waals surface area contributed by atoms with Crippen LogP contribution >= 0.6 is 0 Å². The SMILES string of the molecule is Cc1oc(-c2ccccc2)c[n+]1-c1ccccc1. The number of para-hydroxylation sites is 1. The van der Waals surface area contributed by atoms with Crippen molar-refractivity contribution in [3.63, 3.8) is 0 Å². The van der Waals surface area contributed by atoms with Crippen molar-refractivity contribution in [1.29, 1.82) is 0 Å². The molecule has 2 aromatic carbocycles. The lowest BCUT2D eigenvalue weighted by atomic mass is 10.2. The Morgan fingerprint density at radius 2 is 1.44 bits per heavy atom. The number of oxazole rings is 1. The fraction of sp³-hybridized carbons (Fsp3) is 0.0625. The zero-order valence-corrected chi connectivity index (χ0v) is 10.2. The van der Waals surface area contributed by atoms with Crippen molar-refractivity contribution < 1.29 is 8.98 Å². The summed E-state index contributed by atoms with van der Waals surface area (Å²) >= 11 is 0. The molecule has 0 aliphatic carbocycles. The lowest BCUT2D eigenvalue weighted by Gasteiger charge is -1.90. The van der Waals surface area contributed by atoms with Crippen LogP contribution in [0.5, 0.6) is 0 Å². The summed E-state index contributed by atoms with van der Waals surface area (Å²) in [5.74, 6) is 1.76. The van der Waals surface area contributed by atoms with Gasteiger partial charge in [0.15, 0.2) is 0 Å². The zero-order valence-electron chi connectivity index (χ0n) is 10.2. The molecule has 0 amide bonds. The van der Waals surface area contributed by atoms with E-state index in [1.54, 1.807) is 0 Å². The third-order valence-corrected chi connectivity index (χ3v) is 2.94. The van der Waals surface area contributed by atoms with Gasteiger partial charge in [-0.3, -0.25) is 0 Å². The largest absolute Gasteiger partial charge is 0.401 e. The summed E-state index contributed by atoms with van der Waals surface area (Å²) in [7, 11) is 0. The van der Waals surface area contributed by atoms with E-state index in [-0.39, 0.29) is 0 Å². The van der Waals surface area contributed by atoms with Crippen LogP contribution in [-0.2, 0) is 0 Å². The minimum absolute atomic E-state index is 0.875. The minimum Gasteiger partial charge on any atom is -0.401 e. The second-order valence-corrected chi connectivity index (χ2v) is 4.19. The van der Waals surface area contributed by atoms with Gasteiger partial charge in [-0.15, -0.1) is 4.57 Å². The van der Waals surface area contributed by atoms with E-state index in [1.807, 2.05) is 61.7 Å². The summed E-state index contributed by atoms with van der Waals surface area (Å²) < 4.78 is 7.88. The number of hydrogen-bond donors (Lipinski definition) is 0. The van der Waals surface area contributed by atoms with Crippen molar-refractivity contribution >= 4 is 0 Å². The smallest absolute Gasteiger partial charge is 0.350 e. The molecule has 88 valence electrons. The fourth-order valence-corrected chi connectivity index (χ4v) is 2.02. The van der Waals surface area contributed by atoms with E-state index in [0.717, 1.165) is 22.9 Å². The van der Waals surface area contributed by atoms with Crippen molar-refractivity contribution in [3.8, 4) is 17.0 Å². The van der Waals surface area contributed by atoms with Crippen molar-refractivity contribution in [2.24, 2.45) is 0 Å². The number of nitrogens with zero attached hydrogens (tertiary/aromatic N) is 1. The van der Waals surface area contributed by atoms with Gasteiger partial charge in [-0.1, -0.05) is 48.5 Å². The normalized spacial score (nSPS) is 10.5. The topological polar surface area (TPSA) is 17.0 Å². The van der Waals surface area contributed by atoms with Crippen LogP contribution in [0.25, 0.3) is 17.0 Å². The van der Waals surface area contributed by atoms with Gasteiger partial charge in [0.25, 0.3) is 0 Å². The second-order valence-electron chi connectivity index (χ2n) is 4.19. The Bertz CT molecular complexity index is 641. The maximum Gasteiger partial charge on any atom is 0.350 e. The van der Waals surface area contributed by atoms with Gasteiger partial charge in [0, 0.05) is 17.7 Å². The van der Waals surface area contributed by atoms with E-state index >= 15 is 0 Å². The first kappa shape index (κ1) is 10.8. The summed E-state index contributed by atoms with van der Waals surface area (Å²) in [6, 6.07) is 20.3. The van der Waals surface area contributed by atoms with Gasteiger partial charge in [-0.25, -0.2) is 0 Å². The number of rotatable bonds is 2. The molecule has 1 aromatic heterocycles. The van der Waals surface area contributed by atoms with E-state index in [1.165, 1.54) is 0 Å². The Kier molecular flexibility index (Phi) is 2.69. The molecule has 3 rings (SSSR count). The lowest BCUT2D eigenvalue weighted by Crippen LogP contribution is -2.30. The molecule has 2 nitrogen and oxygen atoms in total. The zero-order chi connectivity index (χ0) is 12.4. The highest BCUT2D eigenvalue weighted by atomic mass is 16.4. The highest BCUT2D eigenvalue weighted by molar-refractivity contribution is 5.55. The van der Waals surface area contributed by atoms with E-state index in [9.17, 15) is 0 Å². The van der Waals surface area contributed by atoms with Crippen molar-refractivity contribution in [1.82, 2.24) is 0 Å². The molecule has 0 saturated heterocycles. The third-order valence-electron chi connectivity index (χ3n) is 2.94. The fourth-order valence-electron chi connectivity index (χ4n) is 2.02. The predicted molar refractivity (Wildman–Crippen MR) is 70.4 cm³/mol. The van der Waals surface area contributed by atoms with Gasteiger partial charge in [0.05, 0.1) is 6.92 Å². The van der Waals surface area contributed by atoms with Crippen LogP contribution in [0.15, 0.2) is 71.3 Å². The van der Waals surface area contributed by atoms with Gasteiger partial charge in [0.1, 0.15) is 0 Å². The van der Waals surface area contributed by atoms with Gasteiger partial charge >= 0.3 is 5.89 Å². The first-order chi connectivity index (χ1) is 8.84. The average Bonchev–Trinajstić information content (AvgIpc) is 2.83. The Labute approximate surface area is 106 Å². The molecule has 0 atom stereocenters. The van der Waals surface area contributed by atoms with Crippen molar-refractivity contribution in [2.75, 3.05) is 0 Å². The summed E-state index contributed by atoms with van der Waals surface area (Å²) in [6.07, 6.45) is 2.03. The molecular formula is C16H14NO+.